The third kappa shape index (κ3) is 1.91. The number of amides is 1. The van der Waals surface area contributed by atoms with Gasteiger partial charge in [0.25, 0.3) is 5.91 Å². The number of allylic oxidation sites excluding steroid dienone is 3. The van der Waals surface area contributed by atoms with Crippen LogP contribution in [0.5, 0.6) is 0 Å². The van der Waals surface area contributed by atoms with Gasteiger partial charge in [0.1, 0.15) is 0 Å². The third-order valence-corrected chi connectivity index (χ3v) is 1.70. The van der Waals surface area contributed by atoms with E-state index >= 15 is 0 Å². The summed E-state index contributed by atoms with van der Waals surface area (Å²) in [7, 11) is 0. The Morgan fingerprint density at radius 1 is 1.31 bits per heavy atom. The van der Waals surface area contributed by atoms with Crippen molar-refractivity contribution >= 4 is 5.91 Å². The molecule has 0 aliphatic carbocycles. The van der Waals surface area contributed by atoms with E-state index < -0.39 is 17.7 Å². The molecular formula is C8H6F3NO. The van der Waals surface area contributed by atoms with E-state index in [1.807, 2.05) is 0 Å². The van der Waals surface area contributed by atoms with Gasteiger partial charge in [-0.15, -0.1) is 0 Å². The van der Waals surface area contributed by atoms with E-state index in [1.54, 1.807) is 6.08 Å². The fraction of sp³-hybridized carbons (Fsp3) is 0.375. The molecule has 0 unspecified atom stereocenters. The largest absolute Gasteiger partial charge is 0.417 e. The van der Waals surface area contributed by atoms with Gasteiger partial charge in [0.2, 0.25) is 0 Å². The van der Waals surface area contributed by atoms with E-state index in [9.17, 15) is 18.0 Å². The Morgan fingerprint density at radius 2 is 1.85 bits per heavy atom. The van der Waals surface area contributed by atoms with Crippen LogP contribution in [0, 0.1) is 6.08 Å². The highest BCUT2D eigenvalue weighted by atomic mass is 19.4. The van der Waals surface area contributed by atoms with Crippen LogP contribution in [0.1, 0.15) is 13.8 Å². The second-order valence-corrected chi connectivity index (χ2v) is 2.63. The minimum absolute atomic E-state index is 0.0490. The molecule has 0 saturated heterocycles. The van der Waals surface area contributed by atoms with Crippen molar-refractivity contribution < 1.29 is 18.0 Å². The summed E-state index contributed by atoms with van der Waals surface area (Å²) in [5.41, 5.74) is -0.979. The first-order chi connectivity index (χ1) is 5.82. The maximum atomic E-state index is 12.2. The Labute approximate surface area is 73.1 Å². The predicted molar refractivity (Wildman–Crippen MR) is 38.3 cm³/mol. The van der Waals surface area contributed by atoms with Crippen LogP contribution in [0.15, 0.2) is 16.8 Å². The number of hydrogen-bond donors (Lipinski definition) is 0. The van der Waals surface area contributed by atoms with Gasteiger partial charge in [-0.05, 0) is 19.4 Å². The van der Waals surface area contributed by atoms with Crippen LogP contribution in [-0.4, -0.2) is 12.1 Å². The number of hydrogen-bond acceptors (Lipinski definition) is 1. The summed E-state index contributed by atoms with van der Waals surface area (Å²) in [5.74, 6) is -0.976. The van der Waals surface area contributed by atoms with E-state index in [-0.39, 0.29) is 11.3 Å². The lowest BCUT2D eigenvalue weighted by atomic mass is 10.0. The van der Waals surface area contributed by atoms with Gasteiger partial charge in [-0.1, -0.05) is 0 Å². The minimum Gasteiger partial charge on any atom is -0.267 e. The zero-order valence-corrected chi connectivity index (χ0v) is 6.99. The molecule has 0 fully saturated rings. The molecule has 0 atom stereocenters. The molecule has 0 aromatic carbocycles. The molecule has 1 aliphatic heterocycles. The Hall–Kier alpha value is -1.26. The monoisotopic (exact) mass is 189 g/mol. The highest BCUT2D eigenvalue weighted by molar-refractivity contribution is 5.88. The summed E-state index contributed by atoms with van der Waals surface area (Å²) in [4.78, 5) is 10.6. The molecule has 2 nitrogen and oxygen atoms in total. The predicted octanol–water partition coefficient (Wildman–Crippen LogP) is 1.72. The fourth-order valence-electron chi connectivity index (χ4n) is 0.929. The minimum atomic E-state index is -4.53. The molecule has 1 amide bonds. The van der Waals surface area contributed by atoms with Gasteiger partial charge in [-0.25, -0.2) is 5.32 Å². The van der Waals surface area contributed by atoms with Gasteiger partial charge in [0.05, 0.1) is 11.6 Å². The molecule has 70 valence electrons. The van der Waals surface area contributed by atoms with Gasteiger partial charge >= 0.3 is 6.18 Å². The molecule has 0 aromatic heterocycles. The lowest BCUT2D eigenvalue weighted by Crippen LogP contribution is -2.25. The van der Waals surface area contributed by atoms with Crippen molar-refractivity contribution in [1.82, 2.24) is 5.32 Å². The average molecular weight is 189 g/mol. The number of nitrogens with zero attached hydrogens (tertiary/aromatic N) is 1. The molecular weight excluding hydrogens is 183 g/mol. The molecule has 0 saturated carbocycles. The third-order valence-electron chi connectivity index (χ3n) is 1.70. The van der Waals surface area contributed by atoms with Crippen molar-refractivity contribution in [1.29, 1.82) is 0 Å². The van der Waals surface area contributed by atoms with Crippen molar-refractivity contribution in [2.75, 3.05) is 0 Å². The number of alkyl halides is 3. The van der Waals surface area contributed by atoms with Crippen LogP contribution in [-0.2, 0) is 4.79 Å². The Balaban J connectivity index is 3.15. The van der Waals surface area contributed by atoms with E-state index in [0.717, 1.165) is 0 Å². The summed E-state index contributed by atoms with van der Waals surface area (Å²) in [6.45, 7) is 2.63. The standard InChI is InChI=1S/C8H6F3NO/c1-4-5(2)12-7(13)3-6(4)8(9,10)11/h1-2H3. The zero-order chi connectivity index (χ0) is 10.2. The van der Waals surface area contributed by atoms with Crippen molar-refractivity contribution in [3.63, 3.8) is 0 Å². The average Bonchev–Trinajstić information content (AvgIpc) is 1.94. The quantitative estimate of drug-likeness (QED) is 0.570. The molecule has 1 aliphatic rings. The zero-order valence-electron chi connectivity index (χ0n) is 6.99. The topological polar surface area (TPSA) is 31.2 Å². The summed E-state index contributed by atoms with van der Waals surface area (Å²) >= 11 is 0. The van der Waals surface area contributed by atoms with Crippen LogP contribution in [0.2, 0.25) is 0 Å². The first-order valence-corrected chi connectivity index (χ1v) is 3.47. The summed E-state index contributed by atoms with van der Waals surface area (Å²) in [6.07, 6.45) is -2.87. The molecule has 1 rings (SSSR count). The summed E-state index contributed by atoms with van der Waals surface area (Å²) in [5, 5.41) is 3.34. The molecule has 0 aromatic rings. The number of carbonyl (C=O) groups is 1. The SMILES string of the molecule is CC1=C(C)C(C(F)(F)F)=[C]C(=O)[N]1. The first-order valence-electron chi connectivity index (χ1n) is 3.47. The van der Waals surface area contributed by atoms with Crippen LogP contribution in [0.25, 0.3) is 0 Å². The molecule has 0 spiro atoms. The number of halogens is 3. The van der Waals surface area contributed by atoms with E-state index in [1.165, 1.54) is 13.8 Å². The van der Waals surface area contributed by atoms with E-state index in [4.69, 9.17) is 0 Å². The highest BCUT2D eigenvalue weighted by Crippen LogP contribution is 2.33. The van der Waals surface area contributed by atoms with Crippen molar-refractivity contribution in [3.05, 3.63) is 22.9 Å². The molecule has 13 heavy (non-hydrogen) atoms. The molecule has 0 N–H and O–H groups in total. The van der Waals surface area contributed by atoms with E-state index in [0.29, 0.717) is 0 Å². The van der Waals surface area contributed by atoms with Crippen molar-refractivity contribution in [3.8, 4) is 0 Å². The lowest BCUT2D eigenvalue weighted by Gasteiger charge is -2.17. The maximum Gasteiger partial charge on any atom is 0.417 e. The van der Waals surface area contributed by atoms with Gasteiger partial charge in [-0.2, -0.15) is 13.2 Å². The fourth-order valence-corrected chi connectivity index (χ4v) is 0.929. The van der Waals surface area contributed by atoms with Crippen LogP contribution in [0.4, 0.5) is 13.2 Å². The molecule has 1 heterocycles. The number of carbonyl (C=O) groups excluding carboxylic acids is 1. The second kappa shape index (κ2) is 2.90. The highest BCUT2D eigenvalue weighted by Gasteiger charge is 2.38. The molecule has 5 heteroatoms. The maximum absolute atomic E-state index is 12.2. The second-order valence-electron chi connectivity index (χ2n) is 2.63. The van der Waals surface area contributed by atoms with Crippen LogP contribution >= 0.6 is 0 Å². The Morgan fingerprint density at radius 3 is 2.31 bits per heavy atom. The summed E-state index contributed by atoms with van der Waals surface area (Å²) in [6, 6.07) is 0. The lowest BCUT2D eigenvalue weighted by molar-refractivity contribution is -0.119. The number of rotatable bonds is 0. The van der Waals surface area contributed by atoms with Gasteiger partial charge in [0, 0.05) is 5.70 Å². The smallest absolute Gasteiger partial charge is 0.267 e. The normalized spacial score (nSPS) is 18.5. The van der Waals surface area contributed by atoms with Gasteiger partial charge in [0.15, 0.2) is 0 Å². The van der Waals surface area contributed by atoms with Crippen molar-refractivity contribution in [2.45, 2.75) is 20.0 Å². The van der Waals surface area contributed by atoms with E-state index in [2.05, 4.69) is 5.32 Å². The van der Waals surface area contributed by atoms with Gasteiger partial charge < -0.3 is 0 Å². The molecule has 2 radical (unpaired) electrons. The first kappa shape index (κ1) is 9.83. The van der Waals surface area contributed by atoms with Crippen LogP contribution in [0.3, 0.4) is 0 Å². The Kier molecular flexibility index (Phi) is 2.19. The van der Waals surface area contributed by atoms with Crippen molar-refractivity contribution in [2.24, 2.45) is 0 Å². The molecule has 0 bridgehead atoms. The Bertz CT molecular complexity index is 312. The van der Waals surface area contributed by atoms with Gasteiger partial charge in [-0.3, -0.25) is 4.79 Å². The summed E-state index contributed by atoms with van der Waals surface area (Å²) < 4.78 is 36.6. The van der Waals surface area contributed by atoms with Crippen LogP contribution < -0.4 is 5.32 Å².